The van der Waals surface area contributed by atoms with Gasteiger partial charge >= 0.3 is 0 Å². The monoisotopic (exact) mass is 102 g/mol. The van der Waals surface area contributed by atoms with Crippen LogP contribution in [0.3, 0.4) is 0 Å². The van der Waals surface area contributed by atoms with Gasteiger partial charge in [-0.15, -0.1) is 0 Å². The van der Waals surface area contributed by atoms with Gasteiger partial charge in [0.1, 0.15) is 0 Å². The van der Waals surface area contributed by atoms with Crippen LogP contribution >= 0.6 is 0 Å². The summed E-state index contributed by atoms with van der Waals surface area (Å²) >= 11 is 0. The molecule has 1 N–H and O–H groups in total. The molecule has 1 fully saturated rings. The quantitative estimate of drug-likeness (QED) is 0.429. The average Bonchev–Trinajstić information content (AvgIpc) is 1.61. The summed E-state index contributed by atoms with van der Waals surface area (Å²) in [6.45, 7) is 0.326. The Kier molecular flexibility index (Phi) is 0.867. The molecule has 0 spiro atoms. The largest absolute Gasteiger partial charge is 0.378 e. The Labute approximate surface area is 40.9 Å². The Hall–Kier alpha value is -0.410. The minimum Gasteiger partial charge on any atom is -0.378 e. The first kappa shape index (κ1) is 4.74. The van der Waals surface area contributed by atoms with Gasteiger partial charge in [0.05, 0.1) is 13.2 Å². The highest BCUT2D eigenvalue weighted by atomic mass is 16.5. The van der Waals surface area contributed by atoms with Crippen molar-refractivity contribution >= 4 is 6.29 Å². The van der Waals surface area contributed by atoms with E-state index < -0.39 is 5.60 Å². The summed E-state index contributed by atoms with van der Waals surface area (Å²) < 4.78 is 4.55. The van der Waals surface area contributed by atoms with Crippen LogP contribution in [0.15, 0.2) is 0 Å². The molecule has 1 heterocycles. The molecule has 40 valence electrons. The lowest BCUT2D eigenvalue weighted by molar-refractivity contribution is -0.177. The number of hydrogen-bond donors (Lipinski definition) is 1. The van der Waals surface area contributed by atoms with Crippen LogP contribution in [0, 0.1) is 0 Å². The maximum Gasteiger partial charge on any atom is 0.166 e. The zero-order valence-corrected chi connectivity index (χ0v) is 3.76. The predicted octanol–water partition coefficient (Wildman–Crippen LogP) is -1.05. The molecule has 0 aromatic carbocycles. The first-order chi connectivity index (χ1) is 3.27. The second-order valence-corrected chi connectivity index (χ2v) is 1.71. The van der Waals surface area contributed by atoms with E-state index in [-0.39, 0.29) is 13.2 Å². The zero-order valence-electron chi connectivity index (χ0n) is 3.76. The molecule has 1 rings (SSSR count). The highest BCUT2D eigenvalue weighted by molar-refractivity contribution is 5.63. The van der Waals surface area contributed by atoms with Gasteiger partial charge in [-0.25, -0.2) is 0 Å². The third-order valence-corrected chi connectivity index (χ3v) is 0.923. The van der Waals surface area contributed by atoms with Crippen LogP contribution in [0.4, 0.5) is 0 Å². The Balaban J connectivity index is 2.43. The Morgan fingerprint density at radius 2 is 2.29 bits per heavy atom. The molecule has 0 amide bonds. The lowest BCUT2D eigenvalue weighted by Crippen LogP contribution is -2.50. The minimum atomic E-state index is -1.14. The highest BCUT2D eigenvalue weighted by Gasteiger charge is 2.35. The fourth-order valence-corrected chi connectivity index (χ4v) is 0.379. The molecule has 1 saturated heterocycles. The van der Waals surface area contributed by atoms with Crippen LogP contribution in [-0.4, -0.2) is 30.2 Å². The topological polar surface area (TPSA) is 46.5 Å². The summed E-state index contributed by atoms with van der Waals surface area (Å²) in [7, 11) is 0. The number of carbonyl (C=O) groups is 1. The van der Waals surface area contributed by atoms with E-state index in [2.05, 4.69) is 4.74 Å². The van der Waals surface area contributed by atoms with Gasteiger partial charge in [0.2, 0.25) is 0 Å². The van der Waals surface area contributed by atoms with Gasteiger partial charge in [-0.05, 0) is 0 Å². The van der Waals surface area contributed by atoms with Crippen molar-refractivity contribution < 1.29 is 14.6 Å². The molecule has 1 aliphatic heterocycles. The summed E-state index contributed by atoms with van der Waals surface area (Å²) in [5.74, 6) is 0. The fourth-order valence-electron chi connectivity index (χ4n) is 0.379. The van der Waals surface area contributed by atoms with Gasteiger partial charge in [0.15, 0.2) is 11.9 Å². The van der Waals surface area contributed by atoms with Crippen LogP contribution in [0.25, 0.3) is 0 Å². The summed E-state index contributed by atoms with van der Waals surface area (Å²) in [6.07, 6.45) is 0.510. The molecule has 0 aromatic heterocycles. The molecule has 3 nitrogen and oxygen atoms in total. The second kappa shape index (κ2) is 1.28. The van der Waals surface area contributed by atoms with E-state index in [1.165, 1.54) is 0 Å². The molecule has 1 aliphatic rings. The number of rotatable bonds is 1. The van der Waals surface area contributed by atoms with E-state index in [1.54, 1.807) is 0 Å². The zero-order chi connectivity index (χ0) is 5.33. The molecule has 0 unspecified atom stereocenters. The SMILES string of the molecule is O=CC1(O)COC1. The maximum atomic E-state index is 9.78. The maximum absolute atomic E-state index is 9.78. The van der Waals surface area contributed by atoms with Crippen molar-refractivity contribution in [2.45, 2.75) is 5.60 Å². The van der Waals surface area contributed by atoms with E-state index in [4.69, 9.17) is 5.11 Å². The van der Waals surface area contributed by atoms with Gasteiger partial charge in [-0.1, -0.05) is 0 Å². The van der Waals surface area contributed by atoms with Crippen LogP contribution in [-0.2, 0) is 9.53 Å². The molecule has 0 aromatic rings. The van der Waals surface area contributed by atoms with E-state index >= 15 is 0 Å². The average molecular weight is 102 g/mol. The van der Waals surface area contributed by atoms with E-state index in [1.807, 2.05) is 0 Å². The Bertz CT molecular complexity index is 84.9. The molecule has 0 aliphatic carbocycles. The molecule has 0 radical (unpaired) electrons. The van der Waals surface area contributed by atoms with Crippen molar-refractivity contribution in [3.8, 4) is 0 Å². The normalized spacial score (nSPS) is 25.9. The molecule has 0 saturated carbocycles. The molecule has 7 heavy (non-hydrogen) atoms. The number of ether oxygens (including phenoxy) is 1. The van der Waals surface area contributed by atoms with Crippen LogP contribution in [0.5, 0.6) is 0 Å². The summed E-state index contributed by atoms with van der Waals surface area (Å²) in [4.78, 5) is 9.78. The lowest BCUT2D eigenvalue weighted by Gasteiger charge is -2.30. The van der Waals surface area contributed by atoms with E-state index in [0.717, 1.165) is 0 Å². The van der Waals surface area contributed by atoms with Crippen molar-refractivity contribution in [1.82, 2.24) is 0 Å². The van der Waals surface area contributed by atoms with Crippen molar-refractivity contribution in [3.63, 3.8) is 0 Å². The number of carbonyl (C=O) groups excluding carboxylic acids is 1. The van der Waals surface area contributed by atoms with E-state index in [0.29, 0.717) is 6.29 Å². The van der Waals surface area contributed by atoms with Gasteiger partial charge < -0.3 is 9.84 Å². The summed E-state index contributed by atoms with van der Waals surface area (Å²) in [5, 5.41) is 8.73. The third-order valence-electron chi connectivity index (χ3n) is 0.923. The van der Waals surface area contributed by atoms with Gasteiger partial charge in [-0.2, -0.15) is 0 Å². The number of aldehydes is 1. The number of aliphatic hydroxyl groups is 1. The second-order valence-electron chi connectivity index (χ2n) is 1.71. The van der Waals surface area contributed by atoms with Crippen molar-refractivity contribution in [2.24, 2.45) is 0 Å². The van der Waals surface area contributed by atoms with Crippen LogP contribution in [0.1, 0.15) is 0 Å². The molecule has 0 atom stereocenters. The van der Waals surface area contributed by atoms with Crippen molar-refractivity contribution in [3.05, 3.63) is 0 Å². The Morgan fingerprint density at radius 1 is 1.71 bits per heavy atom. The lowest BCUT2D eigenvalue weighted by atomic mass is 10.1. The molecular formula is C4H6O3. The third kappa shape index (κ3) is 0.642. The minimum absolute atomic E-state index is 0.163. The smallest absolute Gasteiger partial charge is 0.166 e. The Morgan fingerprint density at radius 3 is 2.29 bits per heavy atom. The molecular weight excluding hydrogens is 96.0 g/mol. The van der Waals surface area contributed by atoms with Crippen molar-refractivity contribution in [1.29, 1.82) is 0 Å². The predicted molar refractivity (Wildman–Crippen MR) is 21.8 cm³/mol. The first-order valence-corrected chi connectivity index (χ1v) is 2.03. The van der Waals surface area contributed by atoms with Crippen LogP contribution < -0.4 is 0 Å². The molecule has 3 heteroatoms. The van der Waals surface area contributed by atoms with Crippen LogP contribution in [0.2, 0.25) is 0 Å². The standard InChI is InChI=1S/C4H6O3/c5-1-4(6)2-7-3-4/h1,6H,2-3H2. The first-order valence-electron chi connectivity index (χ1n) is 2.03. The van der Waals surface area contributed by atoms with Gasteiger partial charge in [-0.3, -0.25) is 4.79 Å². The molecule has 0 bridgehead atoms. The van der Waals surface area contributed by atoms with E-state index in [9.17, 15) is 4.79 Å². The summed E-state index contributed by atoms with van der Waals surface area (Å²) in [5.41, 5.74) is -1.14. The number of hydrogen-bond acceptors (Lipinski definition) is 3. The summed E-state index contributed by atoms with van der Waals surface area (Å²) in [6, 6.07) is 0. The fraction of sp³-hybridized carbons (Fsp3) is 0.750. The van der Waals surface area contributed by atoms with Gasteiger partial charge in [0.25, 0.3) is 0 Å². The highest BCUT2D eigenvalue weighted by Crippen LogP contribution is 2.11. The van der Waals surface area contributed by atoms with Gasteiger partial charge in [0, 0.05) is 0 Å². The van der Waals surface area contributed by atoms with Crippen molar-refractivity contribution in [2.75, 3.05) is 13.2 Å².